The molecule has 0 spiro atoms. The van der Waals surface area contributed by atoms with Gasteiger partial charge in [0.15, 0.2) is 5.13 Å². The zero-order valence-corrected chi connectivity index (χ0v) is 18.9. The molecule has 30 heavy (non-hydrogen) atoms. The number of nitrogens with zero attached hydrogens (tertiary/aromatic N) is 5. The fourth-order valence-electron chi connectivity index (χ4n) is 3.82. The number of nitrogens with two attached hydrogens (primary N) is 1. The Balaban J connectivity index is 1.83. The lowest BCUT2D eigenvalue weighted by atomic mass is 9.94. The fourth-order valence-corrected chi connectivity index (χ4v) is 4.75. The van der Waals surface area contributed by atoms with Crippen molar-refractivity contribution in [3.05, 3.63) is 23.8 Å². The largest absolute Gasteiger partial charge is 0.368 e. The third-order valence-corrected chi connectivity index (χ3v) is 6.30. The predicted molar refractivity (Wildman–Crippen MR) is 117 cm³/mol. The number of amides is 3. The summed E-state index contributed by atoms with van der Waals surface area (Å²) in [6.07, 6.45) is 3.02. The highest BCUT2D eigenvalue weighted by Crippen LogP contribution is 2.34. The Bertz CT molecular complexity index is 943. The van der Waals surface area contributed by atoms with Crippen molar-refractivity contribution >= 4 is 28.4 Å². The second-order valence-corrected chi connectivity index (χ2v) is 9.21. The SMILES string of the molecule is Cc1nc(NC(=O)N2CCC[C@@]2(CN(C)C)C(N)=O)sc1-c1ccnc(C(C)C)n1. The van der Waals surface area contributed by atoms with Crippen molar-refractivity contribution < 1.29 is 9.59 Å². The topological polar surface area (TPSA) is 117 Å². The van der Waals surface area contributed by atoms with E-state index in [1.54, 1.807) is 11.1 Å². The Labute approximate surface area is 180 Å². The van der Waals surface area contributed by atoms with E-state index < -0.39 is 11.4 Å². The smallest absolute Gasteiger partial charge is 0.324 e. The van der Waals surface area contributed by atoms with Crippen LogP contribution >= 0.6 is 11.3 Å². The van der Waals surface area contributed by atoms with Gasteiger partial charge < -0.3 is 15.5 Å². The molecule has 1 fully saturated rings. The van der Waals surface area contributed by atoms with Crippen molar-refractivity contribution in [2.45, 2.75) is 45.1 Å². The number of likely N-dealkylation sites (N-methyl/N-ethyl adjacent to an activating group) is 1. The van der Waals surface area contributed by atoms with Gasteiger partial charge in [-0.1, -0.05) is 25.2 Å². The molecule has 0 saturated carbocycles. The van der Waals surface area contributed by atoms with Crippen LogP contribution in [0.5, 0.6) is 0 Å². The molecule has 1 saturated heterocycles. The molecule has 0 unspecified atom stereocenters. The van der Waals surface area contributed by atoms with Gasteiger partial charge in [-0.15, -0.1) is 0 Å². The van der Waals surface area contributed by atoms with Gasteiger partial charge in [-0.2, -0.15) is 0 Å². The van der Waals surface area contributed by atoms with Crippen LogP contribution in [0.15, 0.2) is 12.3 Å². The number of primary amides is 1. The molecule has 0 aliphatic carbocycles. The summed E-state index contributed by atoms with van der Waals surface area (Å²) in [5, 5.41) is 3.32. The standard InChI is InChI=1S/C20H29N7O2S/c1-12(2)16-22-9-7-14(24-16)15-13(3)23-18(30-15)25-19(29)27-10-6-8-20(27,17(21)28)11-26(4)5/h7,9,12H,6,8,10-11H2,1-5H3,(H2,21,28)(H,23,25,29)/t20-/m1/s1. The molecule has 1 aliphatic heterocycles. The van der Waals surface area contributed by atoms with Gasteiger partial charge in [0.25, 0.3) is 0 Å². The number of hydrogen-bond acceptors (Lipinski definition) is 7. The zero-order valence-electron chi connectivity index (χ0n) is 18.1. The molecular formula is C20H29N7O2S. The minimum Gasteiger partial charge on any atom is -0.368 e. The molecule has 9 nitrogen and oxygen atoms in total. The summed E-state index contributed by atoms with van der Waals surface area (Å²) in [6.45, 7) is 6.83. The second kappa shape index (κ2) is 8.65. The molecule has 3 N–H and O–H groups in total. The van der Waals surface area contributed by atoms with E-state index in [-0.39, 0.29) is 11.9 Å². The number of aryl methyl sites for hydroxylation is 1. The summed E-state index contributed by atoms with van der Waals surface area (Å²) in [7, 11) is 3.73. The maximum absolute atomic E-state index is 13.0. The Morgan fingerprint density at radius 1 is 1.37 bits per heavy atom. The lowest BCUT2D eigenvalue weighted by Crippen LogP contribution is -2.61. The molecule has 2 aromatic rings. The molecule has 3 heterocycles. The van der Waals surface area contributed by atoms with Crippen LogP contribution < -0.4 is 11.1 Å². The highest BCUT2D eigenvalue weighted by Gasteiger charge is 2.49. The predicted octanol–water partition coefficient (Wildman–Crippen LogP) is 2.45. The number of rotatable bonds is 6. The molecule has 10 heteroatoms. The summed E-state index contributed by atoms with van der Waals surface area (Å²) >= 11 is 1.36. The van der Waals surface area contributed by atoms with Crippen LogP contribution in [0, 0.1) is 6.92 Å². The van der Waals surface area contributed by atoms with Gasteiger partial charge in [0.2, 0.25) is 5.91 Å². The fraction of sp³-hybridized carbons (Fsp3) is 0.550. The molecule has 1 atom stereocenters. The van der Waals surface area contributed by atoms with Crippen molar-refractivity contribution in [1.82, 2.24) is 24.8 Å². The average Bonchev–Trinajstić information content (AvgIpc) is 3.25. The molecule has 162 valence electrons. The van der Waals surface area contributed by atoms with Crippen molar-refractivity contribution in [3.8, 4) is 10.6 Å². The lowest BCUT2D eigenvalue weighted by Gasteiger charge is -2.37. The summed E-state index contributed by atoms with van der Waals surface area (Å²) in [5.74, 6) is 0.492. The molecule has 1 aliphatic rings. The van der Waals surface area contributed by atoms with Crippen LogP contribution in [0.2, 0.25) is 0 Å². The summed E-state index contributed by atoms with van der Waals surface area (Å²) in [4.78, 5) is 43.1. The van der Waals surface area contributed by atoms with Crippen molar-refractivity contribution in [1.29, 1.82) is 0 Å². The van der Waals surface area contributed by atoms with Gasteiger partial charge in [0.1, 0.15) is 11.4 Å². The summed E-state index contributed by atoms with van der Waals surface area (Å²) < 4.78 is 0. The zero-order chi connectivity index (χ0) is 22.1. The monoisotopic (exact) mass is 431 g/mol. The highest BCUT2D eigenvalue weighted by atomic mass is 32.1. The van der Waals surface area contributed by atoms with E-state index in [0.29, 0.717) is 24.6 Å². The molecule has 0 aromatic carbocycles. The van der Waals surface area contributed by atoms with Crippen LogP contribution in [-0.4, -0.2) is 69.4 Å². The van der Waals surface area contributed by atoms with E-state index in [0.717, 1.165) is 28.5 Å². The number of hydrogen-bond donors (Lipinski definition) is 2. The second-order valence-electron chi connectivity index (χ2n) is 8.21. The van der Waals surface area contributed by atoms with Crippen LogP contribution in [0.3, 0.4) is 0 Å². The van der Waals surface area contributed by atoms with E-state index in [2.05, 4.69) is 20.3 Å². The van der Waals surface area contributed by atoms with E-state index in [9.17, 15) is 9.59 Å². The maximum atomic E-state index is 13.0. The quantitative estimate of drug-likeness (QED) is 0.725. The maximum Gasteiger partial charge on any atom is 0.324 e. The Kier molecular flexibility index (Phi) is 6.37. The number of carbonyl (C=O) groups excluding carboxylic acids is 2. The molecular weight excluding hydrogens is 402 g/mol. The Hall–Kier alpha value is -2.59. The molecule has 3 rings (SSSR count). The Morgan fingerprint density at radius 2 is 2.10 bits per heavy atom. The number of anilines is 1. The third-order valence-electron chi connectivity index (χ3n) is 5.20. The first-order chi connectivity index (χ1) is 14.1. The lowest BCUT2D eigenvalue weighted by molar-refractivity contribution is -0.127. The van der Waals surface area contributed by atoms with Crippen molar-refractivity contribution in [2.75, 3.05) is 32.5 Å². The van der Waals surface area contributed by atoms with E-state index in [1.807, 2.05) is 45.8 Å². The van der Waals surface area contributed by atoms with E-state index in [4.69, 9.17) is 5.73 Å². The van der Waals surface area contributed by atoms with Crippen molar-refractivity contribution in [3.63, 3.8) is 0 Å². The van der Waals surface area contributed by atoms with Crippen LogP contribution in [0.25, 0.3) is 10.6 Å². The number of likely N-dealkylation sites (tertiary alicyclic amines) is 1. The van der Waals surface area contributed by atoms with Gasteiger partial charge >= 0.3 is 6.03 Å². The van der Waals surface area contributed by atoms with Crippen molar-refractivity contribution in [2.24, 2.45) is 5.73 Å². The minimum atomic E-state index is -1.01. The first kappa shape index (κ1) is 22.1. The average molecular weight is 432 g/mol. The Morgan fingerprint density at radius 3 is 2.73 bits per heavy atom. The number of nitrogens with one attached hydrogen (secondary N) is 1. The molecule has 3 amide bonds. The summed E-state index contributed by atoms with van der Waals surface area (Å²) in [6, 6.07) is 1.48. The van der Waals surface area contributed by atoms with Gasteiger partial charge in [-0.05, 0) is 39.9 Å². The number of urea groups is 1. The van der Waals surface area contributed by atoms with E-state index in [1.165, 1.54) is 11.3 Å². The molecule has 2 aromatic heterocycles. The van der Waals surface area contributed by atoms with Gasteiger partial charge in [-0.25, -0.2) is 19.7 Å². The summed E-state index contributed by atoms with van der Waals surface area (Å²) in [5.41, 5.74) is 6.28. The van der Waals surface area contributed by atoms with Crippen LogP contribution in [0.4, 0.5) is 9.93 Å². The highest BCUT2D eigenvalue weighted by molar-refractivity contribution is 7.19. The number of aromatic nitrogens is 3. The van der Waals surface area contributed by atoms with Gasteiger partial charge in [0, 0.05) is 25.2 Å². The minimum absolute atomic E-state index is 0.214. The van der Waals surface area contributed by atoms with Crippen LogP contribution in [0.1, 0.15) is 44.1 Å². The molecule has 0 radical (unpaired) electrons. The first-order valence-electron chi connectivity index (χ1n) is 9.98. The first-order valence-corrected chi connectivity index (χ1v) is 10.8. The van der Waals surface area contributed by atoms with E-state index >= 15 is 0 Å². The molecule has 0 bridgehead atoms. The van der Waals surface area contributed by atoms with Crippen LogP contribution in [-0.2, 0) is 4.79 Å². The third kappa shape index (κ3) is 4.29. The van der Waals surface area contributed by atoms with Gasteiger partial charge in [0.05, 0.1) is 16.3 Å². The normalized spacial score (nSPS) is 19.0. The van der Waals surface area contributed by atoms with Gasteiger partial charge in [-0.3, -0.25) is 10.1 Å². The number of carbonyl (C=O) groups is 2. The number of thiazole rings is 1.